The molecule has 4 aromatic rings. The Morgan fingerprint density at radius 1 is 0.971 bits per heavy atom. The van der Waals surface area contributed by atoms with Gasteiger partial charge < -0.3 is 4.90 Å². The predicted molar refractivity (Wildman–Crippen MR) is 118 cm³/mol. The van der Waals surface area contributed by atoms with Crippen LogP contribution >= 0.6 is 0 Å². The average Bonchev–Trinajstić information content (AvgIpc) is 3.12. The minimum atomic E-state index is -0.660. The van der Waals surface area contributed by atoms with Gasteiger partial charge in [-0.15, -0.1) is 0 Å². The Morgan fingerprint density at radius 2 is 1.68 bits per heavy atom. The third-order valence-electron chi connectivity index (χ3n) is 6.83. The van der Waals surface area contributed by atoms with Gasteiger partial charge in [0.15, 0.2) is 0 Å². The van der Waals surface area contributed by atoms with Crippen molar-refractivity contribution in [3.63, 3.8) is 0 Å². The molecule has 9 heteroatoms. The number of benzene rings is 2. The minimum Gasteiger partial charge on any atom is -0.327 e. The summed E-state index contributed by atoms with van der Waals surface area (Å²) in [6.07, 6.45) is 5.80. The number of nitrogens with zero attached hydrogens (tertiary/aromatic N) is 5. The number of halogens is 3. The first kappa shape index (κ1) is 20.8. The lowest BCUT2D eigenvalue weighted by Crippen LogP contribution is -2.50. The van der Waals surface area contributed by atoms with Crippen molar-refractivity contribution in [1.82, 2.24) is 24.6 Å². The molecular weight excluding hydrogens is 443 g/mol. The van der Waals surface area contributed by atoms with Gasteiger partial charge >= 0.3 is 0 Å². The van der Waals surface area contributed by atoms with Crippen molar-refractivity contribution in [3.05, 3.63) is 77.0 Å². The lowest BCUT2D eigenvalue weighted by Gasteiger charge is -2.45. The molecule has 2 aliphatic heterocycles. The van der Waals surface area contributed by atoms with Crippen LogP contribution in [0.4, 0.5) is 13.2 Å². The number of piperidine rings is 1. The van der Waals surface area contributed by atoms with Gasteiger partial charge in [0.1, 0.15) is 17.5 Å². The van der Waals surface area contributed by atoms with Crippen LogP contribution in [0.25, 0.3) is 22.3 Å². The van der Waals surface area contributed by atoms with Gasteiger partial charge in [-0.1, -0.05) is 0 Å². The first-order valence-corrected chi connectivity index (χ1v) is 11.2. The van der Waals surface area contributed by atoms with E-state index in [1.807, 2.05) is 0 Å². The predicted octanol–water partition coefficient (Wildman–Crippen LogP) is 4.74. The van der Waals surface area contributed by atoms with Crippen molar-refractivity contribution in [2.24, 2.45) is 7.05 Å². The molecule has 0 radical (unpaired) electrons. The van der Waals surface area contributed by atoms with Gasteiger partial charge in [-0.25, -0.2) is 13.2 Å². The molecule has 0 unspecified atom stereocenters. The molecule has 0 spiro atoms. The lowest BCUT2D eigenvalue weighted by atomic mass is 9.81. The quantitative estimate of drug-likeness (QED) is 0.431. The highest BCUT2D eigenvalue weighted by atomic mass is 19.1. The zero-order valence-electron chi connectivity index (χ0n) is 18.3. The van der Waals surface area contributed by atoms with E-state index in [4.69, 9.17) is 0 Å². The molecule has 0 aliphatic carbocycles. The van der Waals surface area contributed by atoms with Crippen molar-refractivity contribution < 1.29 is 18.0 Å². The summed E-state index contributed by atoms with van der Waals surface area (Å²) in [6.45, 7) is 0. The maximum atomic E-state index is 15.0. The maximum Gasteiger partial charge on any atom is 0.257 e. The van der Waals surface area contributed by atoms with E-state index in [0.717, 1.165) is 24.5 Å². The van der Waals surface area contributed by atoms with Crippen LogP contribution in [-0.4, -0.2) is 36.6 Å². The lowest BCUT2D eigenvalue weighted by molar-refractivity contribution is 0.0387. The standard InChI is InChI=1S/C25H20F3N5O/c1-32-24(13-7-14(26)9-15(27)8-13)18-10-16-3-2-4-22(23(18)31-32)33(16)25(34)17-11-20-21(12-19(17)28)30-6-5-29-20/h5-9,11-12,16,22H,2-4,10H2,1H3/t16-,22+/m0/s1. The number of carbonyl (C=O) groups excluding carboxylic acids is 1. The average molecular weight is 463 g/mol. The Balaban J connectivity index is 1.44. The summed E-state index contributed by atoms with van der Waals surface area (Å²) in [5.41, 5.74) is 3.42. The van der Waals surface area contributed by atoms with Crippen LogP contribution in [-0.2, 0) is 13.5 Å². The van der Waals surface area contributed by atoms with Crippen LogP contribution in [0.5, 0.6) is 0 Å². The molecule has 4 heterocycles. The fourth-order valence-electron chi connectivity index (χ4n) is 5.49. The Bertz CT molecular complexity index is 1450. The second-order valence-electron chi connectivity index (χ2n) is 8.89. The SMILES string of the molecule is Cn1nc2c(c1-c1cc(F)cc(F)c1)C[C@@H]1CCC[C@H]2N1C(=O)c1cc2nccnc2cc1F. The van der Waals surface area contributed by atoms with Crippen molar-refractivity contribution in [3.8, 4) is 11.3 Å². The number of aromatic nitrogens is 4. The normalized spacial score (nSPS) is 19.4. The summed E-state index contributed by atoms with van der Waals surface area (Å²) in [6, 6.07) is 5.59. The second kappa shape index (κ2) is 7.65. The van der Waals surface area contributed by atoms with Gasteiger partial charge in [0.05, 0.1) is 34.0 Å². The van der Waals surface area contributed by atoms with E-state index >= 15 is 0 Å². The van der Waals surface area contributed by atoms with E-state index in [1.165, 1.54) is 36.7 Å². The largest absolute Gasteiger partial charge is 0.327 e. The van der Waals surface area contributed by atoms with Crippen LogP contribution in [0.1, 0.15) is 46.9 Å². The first-order chi connectivity index (χ1) is 16.4. The molecule has 1 saturated heterocycles. The fourth-order valence-corrected chi connectivity index (χ4v) is 5.49. The molecule has 0 saturated carbocycles. The van der Waals surface area contributed by atoms with Crippen molar-refractivity contribution >= 4 is 16.9 Å². The van der Waals surface area contributed by atoms with Crippen LogP contribution in [0.15, 0.2) is 42.7 Å². The van der Waals surface area contributed by atoms with E-state index in [9.17, 15) is 18.0 Å². The molecule has 2 atom stereocenters. The van der Waals surface area contributed by atoms with Gasteiger partial charge in [-0.05, 0) is 43.9 Å². The minimum absolute atomic E-state index is 0.0447. The molecule has 1 amide bonds. The number of hydrogen-bond acceptors (Lipinski definition) is 4. The number of amides is 1. The molecule has 6 nitrogen and oxygen atoms in total. The molecule has 2 aromatic carbocycles. The molecule has 6 rings (SSSR count). The monoisotopic (exact) mass is 463 g/mol. The van der Waals surface area contributed by atoms with Crippen LogP contribution < -0.4 is 0 Å². The fraction of sp³-hybridized carbons (Fsp3) is 0.280. The number of rotatable bonds is 2. The number of aryl methyl sites for hydroxylation is 1. The van der Waals surface area contributed by atoms with Gasteiger partial charge in [-0.3, -0.25) is 19.4 Å². The number of hydrogen-bond donors (Lipinski definition) is 0. The van der Waals surface area contributed by atoms with Crippen LogP contribution in [0, 0.1) is 17.5 Å². The highest BCUT2D eigenvalue weighted by molar-refractivity contribution is 5.98. The van der Waals surface area contributed by atoms with Crippen LogP contribution in [0.2, 0.25) is 0 Å². The van der Waals surface area contributed by atoms with Gasteiger partial charge in [0, 0.05) is 48.7 Å². The molecule has 2 bridgehead atoms. The molecular formula is C25H20F3N5O. The van der Waals surface area contributed by atoms with E-state index < -0.39 is 23.4 Å². The van der Waals surface area contributed by atoms with Crippen molar-refractivity contribution in [2.45, 2.75) is 37.8 Å². The zero-order chi connectivity index (χ0) is 23.6. The smallest absolute Gasteiger partial charge is 0.257 e. The van der Waals surface area contributed by atoms with E-state index in [0.29, 0.717) is 40.8 Å². The zero-order valence-corrected chi connectivity index (χ0v) is 18.3. The molecule has 2 aromatic heterocycles. The summed E-state index contributed by atoms with van der Waals surface area (Å²) >= 11 is 0. The summed E-state index contributed by atoms with van der Waals surface area (Å²) in [4.78, 5) is 23.7. The Labute approximate surface area is 193 Å². The van der Waals surface area contributed by atoms with Crippen molar-refractivity contribution in [1.29, 1.82) is 0 Å². The summed E-state index contributed by atoms with van der Waals surface area (Å²) in [5.74, 6) is -2.37. The molecule has 0 N–H and O–H groups in total. The first-order valence-electron chi connectivity index (χ1n) is 11.2. The maximum absolute atomic E-state index is 15.0. The Kier molecular flexibility index (Phi) is 4.68. The number of fused-ring (bicyclic) bond motifs is 5. The molecule has 172 valence electrons. The topological polar surface area (TPSA) is 63.9 Å². The molecule has 34 heavy (non-hydrogen) atoms. The van der Waals surface area contributed by atoms with Crippen molar-refractivity contribution in [2.75, 3.05) is 0 Å². The Morgan fingerprint density at radius 3 is 2.41 bits per heavy atom. The molecule has 1 fully saturated rings. The summed E-state index contributed by atoms with van der Waals surface area (Å²) in [7, 11) is 1.73. The third kappa shape index (κ3) is 3.18. The summed E-state index contributed by atoms with van der Waals surface area (Å²) < 4.78 is 44.5. The van der Waals surface area contributed by atoms with Gasteiger partial charge in [0.25, 0.3) is 5.91 Å². The number of carbonyl (C=O) groups is 1. The molecule has 2 aliphatic rings. The second-order valence-corrected chi connectivity index (χ2v) is 8.89. The Hall–Kier alpha value is -3.75. The third-order valence-corrected chi connectivity index (χ3v) is 6.83. The van der Waals surface area contributed by atoms with E-state index in [2.05, 4.69) is 15.1 Å². The highest BCUT2D eigenvalue weighted by Gasteiger charge is 2.44. The van der Waals surface area contributed by atoms with Gasteiger partial charge in [0.2, 0.25) is 0 Å². The van der Waals surface area contributed by atoms with E-state index in [-0.39, 0.29) is 17.6 Å². The van der Waals surface area contributed by atoms with E-state index in [1.54, 1.807) is 16.6 Å². The van der Waals surface area contributed by atoms with Crippen LogP contribution in [0.3, 0.4) is 0 Å². The van der Waals surface area contributed by atoms with Gasteiger partial charge in [-0.2, -0.15) is 5.10 Å². The summed E-state index contributed by atoms with van der Waals surface area (Å²) in [5, 5.41) is 4.67. The highest BCUT2D eigenvalue weighted by Crippen LogP contribution is 2.45.